The van der Waals surface area contributed by atoms with Gasteiger partial charge in [0.1, 0.15) is 5.60 Å². The maximum atomic E-state index is 10.4. The van der Waals surface area contributed by atoms with Gasteiger partial charge in [-0.15, -0.1) is 35.3 Å². The number of nitrogens with one attached hydrogen (secondary N) is 2. The number of ether oxygens (including phenoxy) is 1. The van der Waals surface area contributed by atoms with Crippen LogP contribution < -0.4 is 10.6 Å². The summed E-state index contributed by atoms with van der Waals surface area (Å²) in [6.07, 6.45) is 0. The Bertz CT molecular complexity index is 397. The van der Waals surface area contributed by atoms with E-state index in [1.54, 1.807) is 6.92 Å². The molecule has 0 saturated carbocycles. The van der Waals surface area contributed by atoms with Crippen LogP contribution in [0.25, 0.3) is 0 Å². The smallest absolute Gasteiger partial charge is 0.191 e. The third kappa shape index (κ3) is 7.98. The maximum Gasteiger partial charge on any atom is 0.191 e. The lowest BCUT2D eigenvalue weighted by molar-refractivity contribution is 0.0711. The quantitative estimate of drug-likeness (QED) is 0.258. The van der Waals surface area contributed by atoms with E-state index in [0.29, 0.717) is 32.3 Å². The molecule has 0 aromatic carbocycles. The minimum absolute atomic E-state index is 0. The van der Waals surface area contributed by atoms with Gasteiger partial charge in [0.25, 0.3) is 0 Å². The molecule has 7 heteroatoms. The average Bonchev–Trinajstić information content (AvgIpc) is 2.95. The Balaban J connectivity index is 0.00000400. The normalized spacial score (nSPS) is 14.2. The minimum Gasteiger partial charge on any atom is -0.383 e. The average molecular weight is 427 g/mol. The van der Waals surface area contributed by atoms with Crippen LogP contribution in [0, 0.1) is 0 Å². The van der Waals surface area contributed by atoms with Gasteiger partial charge in [-0.2, -0.15) is 0 Å². The van der Waals surface area contributed by atoms with Gasteiger partial charge < -0.3 is 20.5 Å². The molecule has 1 rings (SSSR count). The Hall–Kier alpha value is -0.380. The first kappa shape index (κ1) is 20.6. The summed E-state index contributed by atoms with van der Waals surface area (Å²) >= 11 is 1.54. The van der Waals surface area contributed by atoms with Gasteiger partial charge in [0, 0.05) is 24.6 Å². The molecule has 3 N–H and O–H groups in total. The zero-order valence-electron chi connectivity index (χ0n) is 12.9. The van der Waals surface area contributed by atoms with Crippen molar-refractivity contribution >= 4 is 41.3 Å². The summed E-state index contributed by atoms with van der Waals surface area (Å²) in [5.74, 6) is 0.698. The highest BCUT2D eigenvalue weighted by Crippen LogP contribution is 2.25. The number of guanidine groups is 1. The van der Waals surface area contributed by atoms with Crippen LogP contribution in [-0.2, 0) is 10.3 Å². The molecule has 1 heterocycles. The van der Waals surface area contributed by atoms with Gasteiger partial charge in [0.15, 0.2) is 5.96 Å². The van der Waals surface area contributed by atoms with Gasteiger partial charge >= 0.3 is 0 Å². The summed E-state index contributed by atoms with van der Waals surface area (Å²) in [6, 6.07) is 3.86. The van der Waals surface area contributed by atoms with E-state index in [1.807, 2.05) is 31.4 Å². The first-order valence-electron chi connectivity index (χ1n) is 6.96. The van der Waals surface area contributed by atoms with E-state index in [0.717, 1.165) is 11.4 Å². The Labute approximate surface area is 148 Å². The zero-order valence-corrected chi connectivity index (χ0v) is 16.0. The van der Waals surface area contributed by atoms with Gasteiger partial charge in [0.2, 0.25) is 0 Å². The molecule has 0 spiro atoms. The molecule has 1 aromatic rings. The number of hydrogen-bond donors (Lipinski definition) is 3. The van der Waals surface area contributed by atoms with Crippen molar-refractivity contribution in [1.29, 1.82) is 0 Å². The van der Waals surface area contributed by atoms with Crippen molar-refractivity contribution in [3.8, 4) is 0 Å². The number of rotatable bonds is 8. The lowest BCUT2D eigenvalue weighted by Gasteiger charge is -2.20. The second kappa shape index (κ2) is 11.2. The molecule has 1 aromatic heterocycles. The molecule has 0 saturated heterocycles. The zero-order chi connectivity index (χ0) is 14.8. The third-order valence-corrected chi connectivity index (χ3v) is 3.81. The van der Waals surface area contributed by atoms with Gasteiger partial charge in [-0.1, -0.05) is 6.07 Å². The number of thiophene rings is 1. The minimum atomic E-state index is -0.934. The Kier molecular flexibility index (Phi) is 11.0. The Morgan fingerprint density at radius 3 is 2.76 bits per heavy atom. The Morgan fingerprint density at radius 2 is 2.19 bits per heavy atom. The van der Waals surface area contributed by atoms with Crippen LogP contribution in [0.4, 0.5) is 0 Å². The molecule has 5 nitrogen and oxygen atoms in total. The lowest BCUT2D eigenvalue weighted by atomic mass is 10.1. The van der Waals surface area contributed by atoms with E-state index in [1.165, 1.54) is 11.3 Å². The molecule has 1 unspecified atom stereocenters. The van der Waals surface area contributed by atoms with Gasteiger partial charge in [-0.3, -0.25) is 0 Å². The molecule has 0 radical (unpaired) electrons. The second-order valence-electron chi connectivity index (χ2n) is 4.57. The number of nitrogens with zero attached hydrogens (tertiary/aromatic N) is 1. The van der Waals surface area contributed by atoms with Crippen LogP contribution >= 0.6 is 35.3 Å². The van der Waals surface area contributed by atoms with Crippen LogP contribution in [0.15, 0.2) is 22.5 Å². The molecule has 0 bridgehead atoms. The number of halogens is 1. The number of hydrogen-bond acceptors (Lipinski definition) is 4. The summed E-state index contributed by atoms with van der Waals surface area (Å²) < 4.78 is 5.27. The third-order valence-electron chi connectivity index (χ3n) is 2.68. The molecule has 122 valence electrons. The largest absolute Gasteiger partial charge is 0.383 e. The summed E-state index contributed by atoms with van der Waals surface area (Å²) in [6.45, 7) is 8.91. The maximum absolute atomic E-state index is 10.4. The lowest BCUT2D eigenvalue weighted by Crippen LogP contribution is -2.40. The van der Waals surface area contributed by atoms with Crippen LogP contribution in [0.5, 0.6) is 0 Å². The van der Waals surface area contributed by atoms with E-state index in [-0.39, 0.29) is 24.0 Å². The molecule has 0 aliphatic carbocycles. The van der Waals surface area contributed by atoms with Gasteiger partial charge in [0.05, 0.1) is 13.2 Å². The van der Waals surface area contributed by atoms with Crippen molar-refractivity contribution < 1.29 is 9.84 Å². The number of aliphatic imine (C=N–C) groups is 1. The standard InChI is InChI=1S/C14H25N3O2S.HI/c1-4-15-13(16-8-9-19-5-2)17-11-14(3,18)12-7-6-10-20-12;/h6-7,10,18H,4-5,8-9,11H2,1-3H3,(H2,15,16,17);1H. The Morgan fingerprint density at radius 1 is 1.43 bits per heavy atom. The van der Waals surface area contributed by atoms with Crippen LogP contribution in [-0.4, -0.2) is 43.9 Å². The first-order valence-corrected chi connectivity index (χ1v) is 7.84. The van der Waals surface area contributed by atoms with Crippen LogP contribution in [0.1, 0.15) is 25.6 Å². The fraction of sp³-hybridized carbons (Fsp3) is 0.643. The van der Waals surface area contributed by atoms with E-state index in [4.69, 9.17) is 4.74 Å². The van der Waals surface area contributed by atoms with E-state index in [9.17, 15) is 5.11 Å². The second-order valence-corrected chi connectivity index (χ2v) is 5.52. The molecular weight excluding hydrogens is 401 g/mol. The molecular formula is C14H26IN3O2S. The monoisotopic (exact) mass is 427 g/mol. The van der Waals surface area contributed by atoms with E-state index < -0.39 is 5.60 Å². The highest BCUT2D eigenvalue weighted by atomic mass is 127. The van der Waals surface area contributed by atoms with E-state index >= 15 is 0 Å². The topological polar surface area (TPSA) is 65.9 Å². The van der Waals surface area contributed by atoms with Crippen molar-refractivity contribution in [2.24, 2.45) is 4.99 Å². The van der Waals surface area contributed by atoms with Crippen molar-refractivity contribution in [3.63, 3.8) is 0 Å². The highest BCUT2D eigenvalue weighted by Gasteiger charge is 2.23. The van der Waals surface area contributed by atoms with Crippen LogP contribution in [0.3, 0.4) is 0 Å². The molecule has 0 fully saturated rings. The molecule has 0 aliphatic heterocycles. The molecule has 21 heavy (non-hydrogen) atoms. The van der Waals surface area contributed by atoms with Crippen molar-refractivity contribution in [3.05, 3.63) is 22.4 Å². The van der Waals surface area contributed by atoms with Crippen LogP contribution in [0.2, 0.25) is 0 Å². The fourth-order valence-corrected chi connectivity index (χ4v) is 2.40. The predicted molar refractivity (Wildman–Crippen MR) is 99.8 cm³/mol. The first-order chi connectivity index (χ1) is 9.60. The summed E-state index contributed by atoms with van der Waals surface area (Å²) in [5.41, 5.74) is -0.934. The fourth-order valence-electron chi connectivity index (χ4n) is 1.62. The van der Waals surface area contributed by atoms with Crippen molar-refractivity contribution in [2.45, 2.75) is 26.4 Å². The van der Waals surface area contributed by atoms with Gasteiger partial charge in [-0.05, 0) is 32.2 Å². The highest BCUT2D eigenvalue weighted by molar-refractivity contribution is 14.0. The SMILES string of the molecule is CCNC(=NCC(C)(O)c1cccs1)NCCOCC.I. The van der Waals surface area contributed by atoms with Crippen molar-refractivity contribution in [1.82, 2.24) is 10.6 Å². The summed E-state index contributed by atoms with van der Waals surface area (Å²) in [4.78, 5) is 5.36. The summed E-state index contributed by atoms with van der Waals surface area (Å²) in [5, 5.41) is 18.7. The number of aliphatic hydroxyl groups is 1. The summed E-state index contributed by atoms with van der Waals surface area (Å²) in [7, 11) is 0. The van der Waals surface area contributed by atoms with Gasteiger partial charge in [-0.25, -0.2) is 4.99 Å². The molecule has 0 amide bonds. The predicted octanol–water partition coefficient (Wildman–Crippen LogP) is 2.17. The van der Waals surface area contributed by atoms with Crippen molar-refractivity contribution in [2.75, 3.05) is 32.8 Å². The van der Waals surface area contributed by atoms with E-state index in [2.05, 4.69) is 15.6 Å². The molecule has 0 aliphatic rings. The molecule has 1 atom stereocenters.